The Bertz CT molecular complexity index is 924. The standard InChI is InChI=1S/C23H21ClO4/c1-2-12-11-15(27-14-5-3-13(24)4-6-14)7-8-16(12)19-22(25)20-17-9-10-18(28-17)21(20)23(19)26/h3-8,11,17-21H,2,9-10H2,1H3/t17-,18+,19?,20-,21+. The van der Waals surface area contributed by atoms with E-state index in [1.54, 1.807) is 12.1 Å². The molecule has 0 aromatic heterocycles. The maximum atomic E-state index is 13.1. The number of ether oxygens (including phenoxy) is 2. The van der Waals surface area contributed by atoms with Gasteiger partial charge < -0.3 is 9.47 Å². The summed E-state index contributed by atoms with van der Waals surface area (Å²) < 4.78 is 11.8. The Labute approximate surface area is 168 Å². The lowest BCUT2D eigenvalue weighted by molar-refractivity contribution is -0.127. The molecule has 144 valence electrons. The van der Waals surface area contributed by atoms with Crippen LogP contribution in [0.3, 0.4) is 0 Å². The number of ketones is 2. The Balaban J connectivity index is 1.45. The minimum atomic E-state index is -0.651. The molecule has 1 unspecified atom stereocenters. The molecule has 5 atom stereocenters. The molecule has 5 heteroatoms. The van der Waals surface area contributed by atoms with E-state index in [0.29, 0.717) is 16.5 Å². The van der Waals surface area contributed by atoms with Crippen molar-refractivity contribution in [3.63, 3.8) is 0 Å². The fourth-order valence-corrected chi connectivity index (χ4v) is 5.23. The predicted molar refractivity (Wildman–Crippen MR) is 105 cm³/mol. The molecule has 0 N–H and O–H groups in total. The molecular formula is C23H21ClO4. The second-order valence-electron chi connectivity index (χ2n) is 7.85. The molecule has 1 aliphatic carbocycles. The van der Waals surface area contributed by atoms with E-state index in [0.717, 1.165) is 30.4 Å². The molecule has 2 aliphatic heterocycles. The first kappa shape index (κ1) is 17.9. The summed E-state index contributed by atoms with van der Waals surface area (Å²) >= 11 is 5.92. The average Bonchev–Trinajstić information content (AvgIpc) is 3.38. The summed E-state index contributed by atoms with van der Waals surface area (Å²) in [5, 5.41) is 0.652. The Morgan fingerprint density at radius 2 is 1.57 bits per heavy atom. The van der Waals surface area contributed by atoms with Crippen LogP contribution in [-0.2, 0) is 20.7 Å². The molecule has 2 saturated heterocycles. The summed E-state index contributed by atoms with van der Waals surface area (Å²) in [7, 11) is 0. The van der Waals surface area contributed by atoms with Gasteiger partial charge in [-0.3, -0.25) is 9.59 Å². The van der Waals surface area contributed by atoms with Gasteiger partial charge in [0.15, 0.2) is 11.6 Å². The lowest BCUT2D eigenvalue weighted by Gasteiger charge is -2.17. The fraction of sp³-hybridized carbons (Fsp3) is 0.391. The Morgan fingerprint density at radius 3 is 2.18 bits per heavy atom. The summed E-state index contributed by atoms with van der Waals surface area (Å²) in [6.07, 6.45) is 2.39. The monoisotopic (exact) mass is 396 g/mol. The minimum absolute atomic E-state index is 0.0447. The smallest absolute Gasteiger partial charge is 0.154 e. The van der Waals surface area contributed by atoms with Crippen molar-refractivity contribution in [2.24, 2.45) is 11.8 Å². The van der Waals surface area contributed by atoms with Crippen LogP contribution in [0.15, 0.2) is 42.5 Å². The third-order valence-electron chi connectivity index (χ3n) is 6.36. The second-order valence-corrected chi connectivity index (χ2v) is 8.29. The molecule has 2 aromatic carbocycles. The van der Waals surface area contributed by atoms with Crippen molar-refractivity contribution in [2.45, 2.75) is 44.3 Å². The van der Waals surface area contributed by atoms with Crippen molar-refractivity contribution in [3.8, 4) is 11.5 Å². The highest BCUT2D eigenvalue weighted by Crippen LogP contribution is 2.52. The van der Waals surface area contributed by atoms with Gasteiger partial charge in [-0.1, -0.05) is 24.6 Å². The summed E-state index contributed by atoms with van der Waals surface area (Å²) in [6.45, 7) is 2.03. The van der Waals surface area contributed by atoms with Crippen LogP contribution in [0.5, 0.6) is 11.5 Å². The van der Waals surface area contributed by atoms with Gasteiger partial charge in [0.2, 0.25) is 0 Å². The average molecular weight is 397 g/mol. The van der Waals surface area contributed by atoms with Gasteiger partial charge in [0.05, 0.1) is 24.0 Å². The van der Waals surface area contributed by atoms with Crippen LogP contribution >= 0.6 is 11.6 Å². The van der Waals surface area contributed by atoms with E-state index < -0.39 is 5.92 Å². The van der Waals surface area contributed by atoms with Crippen molar-refractivity contribution in [3.05, 3.63) is 58.6 Å². The van der Waals surface area contributed by atoms with E-state index in [1.807, 2.05) is 37.3 Å². The van der Waals surface area contributed by atoms with Crippen molar-refractivity contribution in [1.82, 2.24) is 0 Å². The maximum absolute atomic E-state index is 13.1. The molecule has 0 spiro atoms. The minimum Gasteiger partial charge on any atom is -0.457 e. The molecule has 2 bridgehead atoms. The van der Waals surface area contributed by atoms with Crippen LogP contribution in [0.4, 0.5) is 0 Å². The van der Waals surface area contributed by atoms with Gasteiger partial charge >= 0.3 is 0 Å². The van der Waals surface area contributed by atoms with E-state index in [2.05, 4.69) is 0 Å². The molecule has 0 amide bonds. The number of Topliss-reactive ketones (excluding diaryl/α,β-unsaturated/α-hetero) is 2. The quantitative estimate of drug-likeness (QED) is 0.701. The lowest BCUT2D eigenvalue weighted by atomic mass is 9.81. The number of hydrogen-bond donors (Lipinski definition) is 0. The Hall–Kier alpha value is -2.17. The van der Waals surface area contributed by atoms with Crippen LogP contribution in [-0.4, -0.2) is 23.8 Å². The van der Waals surface area contributed by atoms with Crippen molar-refractivity contribution < 1.29 is 19.1 Å². The Morgan fingerprint density at radius 1 is 0.964 bits per heavy atom. The first-order chi connectivity index (χ1) is 13.6. The van der Waals surface area contributed by atoms with Crippen LogP contribution in [0.25, 0.3) is 0 Å². The van der Waals surface area contributed by atoms with Crippen molar-refractivity contribution in [2.75, 3.05) is 0 Å². The molecule has 4 nitrogen and oxygen atoms in total. The number of aryl methyl sites for hydroxylation is 1. The summed E-state index contributed by atoms with van der Waals surface area (Å²) in [4.78, 5) is 26.2. The number of hydrogen-bond acceptors (Lipinski definition) is 4. The fourth-order valence-electron chi connectivity index (χ4n) is 5.10. The van der Waals surface area contributed by atoms with Gasteiger partial charge in [0, 0.05) is 5.02 Å². The summed E-state index contributed by atoms with van der Waals surface area (Å²) in [5.41, 5.74) is 1.81. The number of carbonyl (C=O) groups excluding carboxylic acids is 2. The highest BCUT2D eigenvalue weighted by atomic mass is 35.5. The van der Waals surface area contributed by atoms with Crippen LogP contribution in [0.1, 0.15) is 36.8 Å². The molecule has 3 aliphatic rings. The van der Waals surface area contributed by atoms with Gasteiger partial charge in [-0.25, -0.2) is 0 Å². The van der Waals surface area contributed by atoms with E-state index in [1.165, 1.54) is 0 Å². The van der Waals surface area contributed by atoms with Crippen LogP contribution < -0.4 is 4.74 Å². The molecule has 2 heterocycles. The van der Waals surface area contributed by atoms with E-state index in [-0.39, 0.29) is 35.6 Å². The topological polar surface area (TPSA) is 52.6 Å². The van der Waals surface area contributed by atoms with E-state index in [9.17, 15) is 9.59 Å². The third-order valence-corrected chi connectivity index (χ3v) is 6.61. The highest BCUT2D eigenvalue weighted by Gasteiger charge is 2.63. The molecular weight excluding hydrogens is 376 g/mol. The highest BCUT2D eigenvalue weighted by molar-refractivity contribution is 6.30. The number of benzene rings is 2. The molecule has 0 radical (unpaired) electrons. The molecule has 3 fully saturated rings. The maximum Gasteiger partial charge on any atom is 0.154 e. The zero-order chi connectivity index (χ0) is 19.4. The van der Waals surface area contributed by atoms with E-state index in [4.69, 9.17) is 21.1 Å². The largest absolute Gasteiger partial charge is 0.457 e. The molecule has 5 rings (SSSR count). The van der Waals surface area contributed by atoms with Gasteiger partial charge in [0.1, 0.15) is 17.4 Å². The lowest BCUT2D eigenvalue weighted by Crippen LogP contribution is -2.29. The molecule has 28 heavy (non-hydrogen) atoms. The van der Waals surface area contributed by atoms with Crippen LogP contribution in [0.2, 0.25) is 5.02 Å². The molecule has 2 aromatic rings. The summed E-state index contributed by atoms with van der Waals surface area (Å²) in [5.74, 6) is 0.324. The Kier molecular flexibility index (Phi) is 4.29. The van der Waals surface area contributed by atoms with Crippen molar-refractivity contribution in [1.29, 1.82) is 0 Å². The SMILES string of the molecule is CCc1cc(Oc2ccc(Cl)cc2)ccc1C1C(=O)[C@@H]2[C@H](C1=O)[C@H]1CC[C@@H]2O1. The second kappa shape index (κ2) is 6.71. The number of halogens is 1. The van der Waals surface area contributed by atoms with E-state index >= 15 is 0 Å². The predicted octanol–water partition coefficient (Wildman–Crippen LogP) is 4.72. The molecule has 1 saturated carbocycles. The first-order valence-electron chi connectivity index (χ1n) is 9.86. The first-order valence-corrected chi connectivity index (χ1v) is 10.2. The number of rotatable bonds is 4. The number of carbonyl (C=O) groups is 2. The van der Waals surface area contributed by atoms with Crippen LogP contribution in [0, 0.1) is 11.8 Å². The summed E-state index contributed by atoms with van der Waals surface area (Å²) in [6, 6.07) is 12.8. The van der Waals surface area contributed by atoms with Gasteiger partial charge in [-0.05, 0) is 66.8 Å². The zero-order valence-corrected chi connectivity index (χ0v) is 16.3. The third kappa shape index (κ3) is 2.70. The zero-order valence-electron chi connectivity index (χ0n) is 15.6. The van der Waals surface area contributed by atoms with Gasteiger partial charge in [0.25, 0.3) is 0 Å². The number of fused-ring (bicyclic) bond motifs is 5. The van der Waals surface area contributed by atoms with Gasteiger partial charge in [-0.15, -0.1) is 0 Å². The van der Waals surface area contributed by atoms with Crippen molar-refractivity contribution >= 4 is 23.2 Å². The normalized spacial score (nSPS) is 30.7. The van der Waals surface area contributed by atoms with Gasteiger partial charge in [-0.2, -0.15) is 0 Å².